The van der Waals surface area contributed by atoms with E-state index in [1.165, 1.54) is 19.2 Å². The van der Waals surface area contributed by atoms with Crippen LogP contribution in [0.1, 0.15) is 5.56 Å². The number of nitrogens with one attached hydrogen (secondary N) is 1. The molecule has 1 atom stereocenters. The monoisotopic (exact) mass is 276 g/mol. The zero-order valence-electron chi connectivity index (χ0n) is 10.2. The number of nitro benzene ring substituents is 1. The molecule has 0 bridgehead atoms. The van der Waals surface area contributed by atoms with Gasteiger partial charge in [-0.2, -0.15) is 0 Å². The van der Waals surface area contributed by atoms with E-state index < -0.39 is 17.5 Å². The summed E-state index contributed by atoms with van der Waals surface area (Å²) < 4.78 is 28.9. The third kappa shape index (κ3) is 4.42. The van der Waals surface area contributed by atoms with Crippen LogP contribution in [0.15, 0.2) is 18.2 Å². The quantitative estimate of drug-likeness (QED) is 0.579. The fraction of sp³-hybridized carbons (Fsp3) is 0.455. The second-order valence-corrected chi connectivity index (χ2v) is 3.80. The standard InChI is InChI=1S/C11H14F2N2O4/c1-19-10-3-2-7(4-8(10)15(17)18)5-14-6-9(16)11(12)13/h2-4,9,11,14,16H,5-6H2,1H3. The number of benzene rings is 1. The molecule has 19 heavy (non-hydrogen) atoms. The number of nitro groups is 1. The van der Waals surface area contributed by atoms with Gasteiger partial charge in [0.1, 0.15) is 6.10 Å². The molecule has 1 aromatic rings. The predicted octanol–water partition coefficient (Wildman–Crippen LogP) is 1.32. The number of rotatable bonds is 7. The minimum Gasteiger partial charge on any atom is -0.490 e. The molecule has 1 rings (SSSR count). The van der Waals surface area contributed by atoms with Crippen molar-refractivity contribution in [3.05, 3.63) is 33.9 Å². The Morgan fingerprint density at radius 1 is 1.53 bits per heavy atom. The number of hydrogen-bond acceptors (Lipinski definition) is 5. The normalized spacial score (nSPS) is 12.5. The van der Waals surface area contributed by atoms with Crippen molar-refractivity contribution in [3.8, 4) is 5.75 Å². The van der Waals surface area contributed by atoms with Crippen molar-refractivity contribution in [2.45, 2.75) is 19.1 Å². The minimum absolute atomic E-state index is 0.126. The zero-order chi connectivity index (χ0) is 14.4. The number of methoxy groups -OCH3 is 1. The van der Waals surface area contributed by atoms with Gasteiger partial charge in [0.25, 0.3) is 6.43 Å². The largest absolute Gasteiger partial charge is 0.490 e. The van der Waals surface area contributed by atoms with Gasteiger partial charge in [0.2, 0.25) is 0 Å². The molecule has 0 amide bonds. The van der Waals surface area contributed by atoms with Crippen molar-refractivity contribution in [1.29, 1.82) is 0 Å². The second-order valence-electron chi connectivity index (χ2n) is 3.80. The van der Waals surface area contributed by atoms with Gasteiger partial charge < -0.3 is 15.2 Å². The van der Waals surface area contributed by atoms with E-state index in [2.05, 4.69) is 5.32 Å². The maximum atomic E-state index is 12.0. The third-order valence-corrected chi connectivity index (χ3v) is 2.41. The summed E-state index contributed by atoms with van der Waals surface area (Å²) in [6.45, 7) is -0.161. The van der Waals surface area contributed by atoms with Gasteiger partial charge in [0, 0.05) is 19.2 Å². The van der Waals surface area contributed by atoms with Crippen LogP contribution in [0.4, 0.5) is 14.5 Å². The smallest absolute Gasteiger partial charge is 0.311 e. The summed E-state index contributed by atoms with van der Waals surface area (Å²) in [5.41, 5.74) is 0.338. The van der Waals surface area contributed by atoms with Crippen molar-refractivity contribution in [2.75, 3.05) is 13.7 Å². The zero-order valence-corrected chi connectivity index (χ0v) is 10.2. The van der Waals surface area contributed by atoms with Gasteiger partial charge in [-0.05, 0) is 11.6 Å². The lowest BCUT2D eigenvalue weighted by atomic mass is 10.2. The first-order chi connectivity index (χ1) is 8.95. The highest BCUT2D eigenvalue weighted by atomic mass is 19.3. The summed E-state index contributed by atoms with van der Waals surface area (Å²) >= 11 is 0. The van der Waals surface area contributed by atoms with Crippen LogP contribution in [-0.2, 0) is 6.54 Å². The molecule has 0 heterocycles. The Morgan fingerprint density at radius 3 is 2.74 bits per heavy atom. The molecule has 0 saturated carbocycles. The van der Waals surface area contributed by atoms with E-state index in [-0.39, 0.29) is 24.5 Å². The third-order valence-electron chi connectivity index (χ3n) is 2.41. The summed E-state index contributed by atoms with van der Waals surface area (Å²) in [5.74, 6) is 0.126. The van der Waals surface area contributed by atoms with Crippen LogP contribution < -0.4 is 10.1 Å². The second kappa shape index (κ2) is 6.95. The van der Waals surface area contributed by atoms with Gasteiger partial charge >= 0.3 is 5.69 Å². The molecule has 0 aromatic heterocycles. The van der Waals surface area contributed by atoms with Crippen LogP contribution in [0.2, 0.25) is 0 Å². The van der Waals surface area contributed by atoms with Gasteiger partial charge in [-0.25, -0.2) is 8.78 Å². The summed E-state index contributed by atoms with van der Waals surface area (Å²) in [7, 11) is 1.32. The van der Waals surface area contributed by atoms with E-state index in [0.717, 1.165) is 0 Å². The van der Waals surface area contributed by atoms with Crippen molar-refractivity contribution < 1.29 is 23.5 Å². The molecule has 0 fully saturated rings. The molecule has 2 N–H and O–H groups in total. The molecule has 6 nitrogen and oxygen atoms in total. The Bertz CT molecular complexity index is 443. The first kappa shape index (κ1) is 15.3. The number of hydrogen-bond donors (Lipinski definition) is 2. The lowest BCUT2D eigenvalue weighted by molar-refractivity contribution is -0.385. The molecule has 106 valence electrons. The maximum absolute atomic E-state index is 12.0. The summed E-state index contributed by atoms with van der Waals surface area (Å²) in [6, 6.07) is 4.30. The molecule has 0 aliphatic carbocycles. The molecule has 0 aliphatic rings. The van der Waals surface area contributed by atoms with E-state index >= 15 is 0 Å². The Hall–Kier alpha value is -1.80. The number of aliphatic hydroxyl groups is 1. The van der Waals surface area contributed by atoms with Crippen LogP contribution in [0.3, 0.4) is 0 Å². The average molecular weight is 276 g/mol. The van der Waals surface area contributed by atoms with Crippen molar-refractivity contribution in [2.24, 2.45) is 0 Å². The predicted molar refractivity (Wildman–Crippen MR) is 63.4 cm³/mol. The van der Waals surface area contributed by atoms with Crippen molar-refractivity contribution in [1.82, 2.24) is 5.32 Å². The molecular weight excluding hydrogens is 262 g/mol. The molecule has 0 aliphatic heterocycles. The van der Waals surface area contributed by atoms with E-state index in [9.17, 15) is 18.9 Å². The molecule has 0 spiro atoms. The van der Waals surface area contributed by atoms with Crippen LogP contribution in [0.25, 0.3) is 0 Å². The maximum Gasteiger partial charge on any atom is 0.311 e. The SMILES string of the molecule is COc1ccc(CNCC(O)C(F)F)cc1[N+](=O)[O-]. The number of nitrogens with zero attached hydrogens (tertiary/aromatic N) is 1. The van der Waals surface area contributed by atoms with E-state index in [1.54, 1.807) is 6.07 Å². The van der Waals surface area contributed by atoms with Gasteiger partial charge in [-0.1, -0.05) is 6.07 Å². The molecule has 0 radical (unpaired) electrons. The molecular formula is C11H14F2N2O4. The molecule has 1 aromatic carbocycles. The minimum atomic E-state index is -2.82. The molecule has 0 saturated heterocycles. The summed E-state index contributed by atoms with van der Waals surface area (Å²) in [6.07, 6.45) is -4.58. The number of halogens is 2. The Kier molecular flexibility index (Phi) is 5.58. The molecule has 1 unspecified atom stereocenters. The highest BCUT2D eigenvalue weighted by molar-refractivity contribution is 5.48. The number of ether oxygens (including phenoxy) is 1. The Morgan fingerprint density at radius 2 is 2.21 bits per heavy atom. The van der Waals surface area contributed by atoms with Crippen LogP contribution in [0.5, 0.6) is 5.75 Å². The Balaban J connectivity index is 2.65. The lowest BCUT2D eigenvalue weighted by Crippen LogP contribution is -2.31. The van der Waals surface area contributed by atoms with Crippen LogP contribution >= 0.6 is 0 Å². The first-order valence-corrected chi connectivity index (χ1v) is 5.44. The van der Waals surface area contributed by atoms with E-state index in [4.69, 9.17) is 9.84 Å². The van der Waals surface area contributed by atoms with Gasteiger partial charge in [-0.3, -0.25) is 10.1 Å². The fourth-order valence-electron chi connectivity index (χ4n) is 1.44. The van der Waals surface area contributed by atoms with Crippen molar-refractivity contribution >= 4 is 5.69 Å². The van der Waals surface area contributed by atoms with Gasteiger partial charge in [0.15, 0.2) is 5.75 Å². The highest BCUT2D eigenvalue weighted by Gasteiger charge is 2.17. The Labute approximate surface area is 108 Å². The van der Waals surface area contributed by atoms with E-state index in [1.807, 2.05) is 0 Å². The van der Waals surface area contributed by atoms with Gasteiger partial charge in [0.05, 0.1) is 12.0 Å². The van der Waals surface area contributed by atoms with Crippen molar-refractivity contribution in [3.63, 3.8) is 0 Å². The fourth-order valence-corrected chi connectivity index (χ4v) is 1.44. The lowest BCUT2D eigenvalue weighted by Gasteiger charge is -2.11. The first-order valence-electron chi connectivity index (χ1n) is 5.44. The molecule has 8 heteroatoms. The number of aliphatic hydroxyl groups excluding tert-OH is 1. The number of alkyl halides is 2. The summed E-state index contributed by atoms with van der Waals surface area (Å²) in [5, 5.41) is 22.3. The van der Waals surface area contributed by atoms with Crippen LogP contribution in [0, 0.1) is 10.1 Å². The topological polar surface area (TPSA) is 84.6 Å². The van der Waals surface area contributed by atoms with Gasteiger partial charge in [-0.15, -0.1) is 0 Å². The van der Waals surface area contributed by atoms with E-state index in [0.29, 0.717) is 5.56 Å². The highest BCUT2D eigenvalue weighted by Crippen LogP contribution is 2.27. The summed E-state index contributed by atoms with van der Waals surface area (Å²) in [4.78, 5) is 10.2. The van der Waals surface area contributed by atoms with Crippen LogP contribution in [-0.4, -0.2) is 36.2 Å². The average Bonchev–Trinajstić information content (AvgIpc) is 2.38.